The Balaban J connectivity index is 2.77. The number of phenols is 1. The van der Waals surface area contributed by atoms with Crippen molar-refractivity contribution in [1.82, 2.24) is 0 Å². The number of hydrogen-bond donors (Lipinski definition) is 1. The maximum absolute atomic E-state index is 13.2. The smallest absolute Gasteiger partial charge is 0.416 e. The van der Waals surface area contributed by atoms with Crippen LogP contribution in [0.15, 0.2) is 17.1 Å². The fraction of sp³-hybridized carbons (Fsp3) is 0.500. The molecule has 1 N–H and O–H groups in total. The SMILES string of the molecule is COc1ccc(C(F)(F)F)c(C2(N=C=O)CCCC2)c1O. The zero-order valence-corrected chi connectivity index (χ0v) is 11.3. The number of carbonyl (C=O) groups excluding carboxylic acids is 1. The van der Waals surface area contributed by atoms with Crippen LogP contribution in [-0.2, 0) is 16.5 Å². The summed E-state index contributed by atoms with van der Waals surface area (Å²) in [4.78, 5) is 14.3. The third kappa shape index (κ3) is 2.61. The average molecular weight is 301 g/mol. The topological polar surface area (TPSA) is 58.9 Å². The van der Waals surface area contributed by atoms with Crippen molar-refractivity contribution < 1.29 is 27.8 Å². The van der Waals surface area contributed by atoms with E-state index in [1.54, 1.807) is 0 Å². The highest BCUT2D eigenvalue weighted by Gasteiger charge is 2.46. The van der Waals surface area contributed by atoms with Crippen LogP contribution in [0.5, 0.6) is 11.5 Å². The molecule has 0 amide bonds. The molecule has 7 heteroatoms. The maximum Gasteiger partial charge on any atom is 0.416 e. The predicted octanol–water partition coefficient (Wildman–Crippen LogP) is 3.52. The maximum atomic E-state index is 13.2. The van der Waals surface area contributed by atoms with Gasteiger partial charge in [-0.2, -0.15) is 18.2 Å². The lowest BCUT2D eigenvalue weighted by Gasteiger charge is -2.28. The quantitative estimate of drug-likeness (QED) is 0.686. The monoisotopic (exact) mass is 301 g/mol. The molecule has 0 spiro atoms. The van der Waals surface area contributed by atoms with E-state index in [2.05, 4.69) is 4.99 Å². The Morgan fingerprint density at radius 2 is 1.95 bits per heavy atom. The first-order chi connectivity index (χ1) is 9.85. The van der Waals surface area contributed by atoms with Gasteiger partial charge in [0.05, 0.1) is 12.7 Å². The Hall–Kier alpha value is -2.01. The van der Waals surface area contributed by atoms with Crippen LogP contribution in [0.3, 0.4) is 0 Å². The first-order valence-corrected chi connectivity index (χ1v) is 6.42. The zero-order chi connectivity index (χ0) is 15.7. The minimum Gasteiger partial charge on any atom is -0.504 e. The second-order valence-electron chi connectivity index (χ2n) is 4.98. The van der Waals surface area contributed by atoms with Crippen LogP contribution in [0, 0.1) is 0 Å². The average Bonchev–Trinajstić information content (AvgIpc) is 2.87. The second kappa shape index (κ2) is 5.41. The van der Waals surface area contributed by atoms with E-state index >= 15 is 0 Å². The molecule has 0 saturated heterocycles. The van der Waals surface area contributed by atoms with Crippen LogP contribution in [0.2, 0.25) is 0 Å². The molecule has 1 saturated carbocycles. The number of phenolic OH excluding ortho intramolecular Hbond substituents is 1. The standard InChI is InChI=1S/C14H14F3NO3/c1-21-10-5-4-9(14(15,16)17)11(12(10)20)13(18-8-19)6-2-3-7-13/h4-5,20H,2-3,6-7H2,1H3. The van der Waals surface area contributed by atoms with Gasteiger partial charge in [-0.05, 0) is 25.0 Å². The molecule has 0 radical (unpaired) electrons. The van der Waals surface area contributed by atoms with E-state index in [1.165, 1.54) is 13.2 Å². The van der Waals surface area contributed by atoms with Crippen LogP contribution in [0.25, 0.3) is 0 Å². The molecule has 0 aromatic heterocycles. The number of benzene rings is 1. The van der Waals surface area contributed by atoms with E-state index in [1.807, 2.05) is 0 Å². The summed E-state index contributed by atoms with van der Waals surface area (Å²) in [6, 6.07) is 1.89. The lowest BCUT2D eigenvalue weighted by Crippen LogP contribution is -2.24. The molecule has 0 aliphatic heterocycles. The molecule has 0 atom stereocenters. The number of isocyanates is 1. The number of nitrogens with zero attached hydrogens (tertiary/aromatic N) is 1. The van der Waals surface area contributed by atoms with E-state index in [-0.39, 0.29) is 18.6 Å². The Morgan fingerprint density at radius 3 is 2.43 bits per heavy atom. The number of hydrogen-bond acceptors (Lipinski definition) is 4. The summed E-state index contributed by atoms with van der Waals surface area (Å²) in [6.45, 7) is 0. The lowest BCUT2D eigenvalue weighted by molar-refractivity contribution is -0.139. The Labute approximate surface area is 119 Å². The van der Waals surface area contributed by atoms with Crippen LogP contribution < -0.4 is 4.74 Å². The summed E-state index contributed by atoms with van der Waals surface area (Å²) in [6.07, 6.45) is -1.55. The van der Waals surface area contributed by atoms with Gasteiger partial charge in [0.15, 0.2) is 11.5 Å². The van der Waals surface area contributed by atoms with Crippen LogP contribution in [0.1, 0.15) is 36.8 Å². The van der Waals surface area contributed by atoms with Crippen molar-refractivity contribution in [3.8, 4) is 11.5 Å². The summed E-state index contributed by atoms with van der Waals surface area (Å²) in [5.41, 5.74) is -2.78. The molecule has 1 aliphatic rings. The lowest BCUT2D eigenvalue weighted by atomic mass is 9.84. The molecular formula is C14H14F3NO3. The molecule has 0 heterocycles. The number of halogens is 3. The van der Waals surface area contributed by atoms with E-state index in [0.717, 1.165) is 12.1 Å². The van der Waals surface area contributed by atoms with Crippen LogP contribution in [0.4, 0.5) is 13.2 Å². The molecule has 1 aromatic carbocycles. The number of rotatable bonds is 3. The first-order valence-electron chi connectivity index (χ1n) is 6.42. The fourth-order valence-corrected chi connectivity index (χ4v) is 2.91. The normalized spacial score (nSPS) is 17.3. The second-order valence-corrected chi connectivity index (χ2v) is 4.98. The molecule has 0 bridgehead atoms. The van der Waals surface area contributed by atoms with Crippen molar-refractivity contribution in [1.29, 1.82) is 0 Å². The highest BCUT2D eigenvalue weighted by Crippen LogP contribution is 2.52. The highest BCUT2D eigenvalue weighted by molar-refractivity contribution is 5.56. The Kier molecular flexibility index (Phi) is 3.96. The van der Waals surface area contributed by atoms with E-state index in [0.29, 0.717) is 12.8 Å². The van der Waals surface area contributed by atoms with Gasteiger partial charge in [-0.3, -0.25) is 0 Å². The van der Waals surface area contributed by atoms with Gasteiger partial charge < -0.3 is 9.84 Å². The largest absolute Gasteiger partial charge is 0.504 e. The van der Waals surface area contributed by atoms with Crippen molar-refractivity contribution in [2.75, 3.05) is 7.11 Å². The number of aromatic hydroxyl groups is 1. The van der Waals surface area contributed by atoms with Crippen molar-refractivity contribution in [3.63, 3.8) is 0 Å². The highest BCUT2D eigenvalue weighted by atomic mass is 19.4. The van der Waals surface area contributed by atoms with Crippen molar-refractivity contribution in [2.24, 2.45) is 4.99 Å². The predicted molar refractivity (Wildman–Crippen MR) is 67.9 cm³/mol. The first kappa shape index (κ1) is 15.4. The van der Waals surface area contributed by atoms with Crippen molar-refractivity contribution in [2.45, 2.75) is 37.4 Å². The van der Waals surface area contributed by atoms with Gasteiger partial charge in [-0.25, -0.2) is 4.79 Å². The Bertz CT molecular complexity index is 586. The minimum absolute atomic E-state index is 0.0784. The van der Waals surface area contributed by atoms with Gasteiger partial charge >= 0.3 is 6.18 Å². The number of alkyl halides is 3. The van der Waals surface area contributed by atoms with Gasteiger partial charge in [-0.1, -0.05) is 12.8 Å². The molecule has 4 nitrogen and oxygen atoms in total. The zero-order valence-electron chi connectivity index (χ0n) is 11.3. The molecule has 0 unspecified atom stereocenters. The fourth-order valence-electron chi connectivity index (χ4n) is 2.91. The van der Waals surface area contributed by atoms with Crippen molar-refractivity contribution >= 4 is 6.08 Å². The van der Waals surface area contributed by atoms with Gasteiger partial charge in [0, 0.05) is 5.56 Å². The summed E-state index contributed by atoms with van der Waals surface area (Å²) in [7, 11) is 1.25. The molecule has 1 aliphatic carbocycles. The number of ether oxygens (including phenoxy) is 1. The van der Waals surface area contributed by atoms with Gasteiger partial charge in [0.2, 0.25) is 6.08 Å². The molecular weight excluding hydrogens is 287 g/mol. The van der Waals surface area contributed by atoms with Gasteiger partial charge in [0.25, 0.3) is 0 Å². The molecule has 2 rings (SSSR count). The van der Waals surface area contributed by atoms with E-state index < -0.39 is 28.6 Å². The third-order valence-electron chi connectivity index (χ3n) is 3.82. The molecule has 1 fully saturated rings. The van der Waals surface area contributed by atoms with Crippen LogP contribution in [-0.4, -0.2) is 18.3 Å². The third-order valence-corrected chi connectivity index (χ3v) is 3.82. The van der Waals surface area contributed by atoms with Gasteiger partial charge in [0.1, 0.15) is 5.54 Å². The van der Waals surface area contributed by atoms with Gasteiger partial charge in [-0.15, -0.1) is 0 Å². The summed E-state index contributed by atoms with van der Waals surface area (Å²) in [5.74, 6) is -0.696. The molecule has 1 aromatic rings. The summed E-state index contributed by atoms with van der Waals surface area (Å²) in [5, 5.41) is 10.2. The summed E-state index contributed by atoms with van der Waals surface area (Å²) >= 11 is 0. The number of aliphatic imine (C=N–C) groups is 1. The summed E-state index contributed by atoms with van der Waals surface area (Å²) < 4.78 is 44.6. The Morgan fingerprint density at radius 1 is 1.33 bits per heavy atom. The molecule has 21 heavy (non-hydrogen) atoms. The minimum atomic E-state index is -4.66. The van der Waals surface area contributed by atoms with Crippen LogP contribution >= 0.6 is 0 Å². The number of methoxy groups -OCH3 is 1. The van der Waals surface area contributed by atoms with Crippen molar-refractivity contribution in [3.05, 3.63) is 23.3 Å². The van der Waals surface area contributed by atoms with E-state index in [9.17, 15) is 23.1 Å². The molecule has 114 valence electrons. The van der Waals surface area contributed by atoms with E-state index in [4.69, 9.17) is 4.74 Å².